The van der Waals surface area contributed by atoms with E-state index in [9.17, 15) is 45.6 Å². The molecule has 2 aliphatic rings. The van der Waals surface area contributed by atoms with Crippen molar-refractivity contribution in [3.05, 3.63) is 58.7 Å². The van der Waals surface area contributed by atoms with E-state index >= 15 is 0 Å². The van der Waals surface area contributed by atoms with Crippen molar-refractivity contribution >= 4 is 5.97 Å². The number of allylic oxidation sites excluding steroid dienone is 1. The zero-order valence-corrected chi connectivity index (χ0v) is 16.8. The lowest BCUT2D eigenvalue weighted by Crippen LogP contribution is -2.45. The second-order valence-electron chi connectivity index (χ2n) is 7.75. The fourth-order valence-corrected chi connectivity index (χ4v) is 3.89. The van der Waals surface area contributed by atoms with Crippen LogP contribution >= 0.6 is 0 Å². The number of rotatable bonds is 3. The van der Waals surface area contributed by atoms with Gasteiger partial charge in [-0.2, -0.15) is 0 Å². The summed E-state index contributed by atoms with van der Waals surface area (Å²) >= 11 is 0. The Morgan fingerprint density at radius 3 is 2.18 bits per heavy atom. The molecule has 4 rings (SSSR count). The highest BCUT2D eigenvalue weighted by atomic mass is 16.6. The zero-order valence-electron chi connectivity index (χ0n) is 16.8. The molecule has 0 fully saturated rings. The number of hydrogen-bond acceptors (Lipinski definition) is 11. The molecule has 33 heavy (non-hydrogen) atoms. The molecule has 1 heterocycles. The third-order valence-corrected chi connectivity index (χ3v) is 5.51. The first-order valence-corrected chi connectivity index (χ1v) is 9.74. The Kier molecular flexibility index (Phi) is 5.24. The maximum atomic E-state index is 12.7. The van der Waals surface area contributed by atoms with Crippen LogP contribution in [-0.4, -0.2) is 59.0 Å². The SMILES string of the molecule is O=C(O[C@@H]1Cc2c(O)cc(O)cc2O[C@H]1C1C=C(O)C(O)=C(O)C1)c1cc(O)c(O)c(O)c1. The number of ether oxygens (including phenoxy) is 2. The number of aromatic hydroxyl groups is 5. The average Bonchev–Trinajstić information content (AvgIpc) is 2.75. The number of hydrogen-bond donors (Lipinski definition) is 8. The second kappa shape index (κ2) is 7.93. The standard InChI is InChI=1S/C22H20O11/c23-10-5-12(24)11-7-18(33-22(31)9-3-15(27)20(30)16(28)4-9)21(32-17(11)6-10)8-1-13(25)19(29)14(26)2-8/h1,3-6,8,18,21,23-30H,2,7H2/t8?,18-,21+/m1/s1. The monoisotopic (exact) mass is 460 g/mol. The van der Waals surface area contributed by atoms with Crippen molar-refractivity contribution in [2.45, 2.75) is 25.0 Å². The van der Waals surface area contributed by atoms with Crippen LogP contribution in [0.25, 0.3) is 0 Å². The van der Waals surface area contributed by atoms with Crippen molar-refractivity contribution in [2.24, 2.45) is 5.92 Å². The van der Waals surface area contributed by atoms with Gasteiger partial charge in [-0.1, -0.05) is 0 Å². The molecule has 1 unspecified atom stereocenters. The van der Waals surface area contributed by atoms with Crippen LogP contribution < -0.4 is 4.74 Å². The third-order valence-electron chi connectivity index (χ3n) is 5.51. The molecule has 1 aliphatic heterocycles. The summed E-state index contributed by atoms with van der Waals surface area (Å²) in [6, 6.07) is 4.10. The largest absolute Gasteiger partial charge is 0.508 e. The highest BCUT2D eigenvalue weighted by Gasteiger charge is 2.41. The summed E-state index contributed by atoms with van der Waals surface area (Å²) in [6.07, 6.45) is -1.20. The normalized spacial score (nSPS) is 22.2. The van der Waals surface area contributed by atoms with Gasteiger partial charge in [-0.05, 0) is 18.2 Å². The van der Waals surface area contributed by atoms with Gasteiger partial charge in [-0.15, -0.1) is 0 Å². The number of carbonyl (C=O) groups is 1. The van der Waals surface area contributed by atoms with E-state index in [0.717, 1.165) is 18.2 Å². The van der Waals surface area contributed by atoms with Gasteiger partial charge in [-0.3, -0.25) is 0 Å². The molecule has 11 nitrogen and oxygen atoms in total. The molecular weight excluding hydrogens is 440 g/mol. The Balaban J connectivity index is 1.69. The third kappa shape index (κ3) is 3.95. The van der Waals surface area contributed by atoms with Crippen molar-refractivity contribution in [1.29, 1.82) is 0 Å². The molecular formula is C22H20O11. The number of benzene rings is 2. The average molecular weight is 460 g/mol. The molecule has 174 valence electrons. The summed E-state index contributed by atoms with van der Waals surface area (Å²) < 4.78 is 11.4. The Morgan fingerprint density at radius 2 is 1.55 bits per heavy atom. The van der Waals surface area contributed by atoms with Crippen molar-refractivity contribution in [3.8, 4) is 34.5 Å². The first-order valence-electron chi connectivity index (χ1n) is 9.74. The van der Waals surface area contributed by atoms with Crippen molar-refractivity contribution in [3.63, 3.8) is 0 Å². The van der Waals surface area contributed by atoms with Crippen LogP contribution in [0.2, 0.25) is 0 Å². The van der Waals surface area contributed by atoms with Gasteiger partial charge in [0.2, 0.25) is 0 Å². The fourth-order valence-electron chi connectivity index (χ4n) is 3.89. The molecule has 2 aromatic rings. The minimum Gasteiger partial charge on any atom is -0.508 e. The molecule has 0 amide bonds. The summed E-state index contributed by atoms with van der Waals surface area (Å²) in [5, 5.41) is 78.4. The molecule has 0 radical (unpaired) electrons. The van der Waals surface area contributed by atoms with Crippen molar-refractivity contribution < 1.29 is 55.1 Å². The van der Waals surface area contributed by atoms with E-state index < -0.39 is 58.6 Å². The molecule has 2 aromatic carbocycles. The molecule has 0 saturated carbocycles. The predicted octanol–water partition coefficient (Wildman–Crippen LogP) is 2.53. The molecule has 8 N–H and O–H groups in total. The number of esters is 1. The molecule has 1 aliphatic carbocycles. The Bertz CT molecular complexity index is 1170. The fraction of sp³-hybridized carbons (Fsp3) is 0.227. The number of fused-ring (bicyclic) bond motifs is 1. The lowest BCUT2D eigenvalue weighted by Gasteiger charge is -2.37. The molecule has 0 saturated heterocycles. The summed E-state index contributed by atoms with van der Waals surface area (Å²) in [5.41, 5.74) is -0.0606. The quantitative estimate of drug-likeness (QED) is 0.247. The van der Waals surface area contributed by atoms with Gasteiger partial charge >= 0.3 is 5.97 Å². The number of phenolic OH excluding ortho intramolecular Hbond substituents is 5. The summed E-state index contributed by atoms with van der Waals surface area (Å²) in [4.78, 5) is 12.7. The molecule has 3 atom stereocenters. The topological polar surface area (TPSA) is 197 Å². The van der Waals surface area contributed by atoms with Crippen LogP contribution in [0.15, 0.2) is 47.6 Å². The molecule has 11 heteroatoms. The van der Waals surface area contributed by atoms with Crippen LogP contribution in [0.3, 0.4) is 0 Å². The number of aliphatic hydroxyl groups excluding tert-OH is 3. The van der Waals surface area contributed by atoms with Gasteiger partial charge in [0.25, 0.3) is 0 Å². The van der Waals surface area contributed by atoms with Gasteiger partial charge in [0.05, 0.1) is 5.56 Å². The van der Waals surface area contributed by atoms with E-state index in [1.165, 1.54) is 12.1 Å². The van der Waals surface area contributed by atoms with E-state index in [1.54, 1.807) is 0 Å². The lowest BCUT2D eigenvalue weighted by molar-refractivity contribution is -0.0333. The first-order chi connectivity index (χ1) is 15.5. The van der Waals surface area contributed by atoms with Crippen molar-refractivity contribution in [2.75, 3.05) is 0 Å². The van der Waals surface area contributed by atoms with E-state index in [0.29, 0.717) is 0 Å². The van der Waals surface area contributed by atoms with Gasteiger partial charge in [0, 0.05) is 36.5 Å². The second-order valence-corrected chi connectivity index (χ2v) is 7.75. The van der Waals surface area contributed by atoms with E-state index in [2.05, 4.69) is 0 Å². The minimum atomic E-state index is -1.11. The van der Waals surface area contributed by atoms with E-state index in [4.69, 9.17) is 9.47 Å². The Hall–Kier alpha value is -4.41. The van der Waals surface area contributed by atoms with Crippen LogP contribution in [0, 0.1) is 5.92 Å². The van der Waals surface area contributed by atoms with Gasteiger partial charge < -0.3 is 50.3 Å². The Morgan fingerprint density at radius 1 is 0.879 bits per heavy atom. The molecule has 0 spiro atoms. The van der Waals surface area contributed by atoms with E-state index in [1.807, 2.05) is 0 Å². The van der Waals surface area contributed by atoms with Crippen LogP contribution in [0.5, 0.6) is 34.5 Å². The maximum absolute atomic E-state index is 12.7. The van der Waals surface area contributed by atoms with Crippen LogP contribution in [-0.2, 0) is 11.2 Å². The number of aliphatic hydroxyl groups is 3. The minimum absolute atomic E-state index is 0.0878. The van der Waals surface area contributed by atoms with Crippen LogP contribution in [0.4, 0.5) is 0 Å². The van der Waals surface area contributed by atoms with Crippen LogP contribution in [0.1, 0.15) is 22.3 Å². The predicted molar refractivity (Wildman–Crippen MR) is 110 cm³/mol. The van der Waals surface area contributed by atoms with Gasteiger partial charge in [0.15, 0.2) is 28.8 Å². The highest BCUT2D eigenvalue weighted by molar-refractivity contribution is 5.91. The first kappa shape index (κ1) is 21.8. The van der Waals surface area contributed by atoms with Gasteiger partial charge in [0.1, 0.15) is 35.2 Å². The maximum Gasteiger partial charge on any atom is 0.338 e. The lowest BCUT2D eigenvalue weighted by atomic mass is 9.85. The number of carbonyl (C=O) groups excluding carboxylic acids is 1. The zero-order chi connectivity index (χ0) is 24.0. The van der Waals surface area contributed by atoms with Crippen molar-refractivity contribution in [1.82, 2.24) is 0 Å². The molecule has 0 bridgehead atoms. The highest BCUT2D eigenvalue weighted by Crippen LogP contribution is 2.42. The smallest absolute Gasteiger partial charge is 0.338 e. The summed E-state index contributed by atoms with van der Waals surface area (Å²) in [7, 11) is 0. The molecule has 0 aromatic heterocycles. The summed E-state index contributed by atoms with van der Waals surface area (Å²) in [6.45, 7) is 0. The summed E-state index contributed by atoms with van der Waals surface area (Å²) in [5.74, 6) is -6.41. The van der Waals surface area contributed by atoms with E-state index in [-0.39, 0.29) is 41.2 Å². The number of phenols is 5. The Labute approximate surface area is 185 Å². The van der Waals surface area contributed by atoms with Gasteiger partial charge in [-0.25, -0.2) is 4.79 Å².